The molecule has 3 atom stereocenters. The highest BCUT2D eigenvalue weighted by Crippen LogP contribution is 2.16. The number of piperazine rings is 1. The molecule has 1 aliphatic heterocycles. The van der Waals surface area contributed by atoms with E-state index in [0.29, 0.717) is 24.8 Å². The SMILES string of the molecule is CC(=O)O.C[C@H](NC(=O)c1nccc2ccccc12)C(=O)N1CCNC[C@H]1C(=O)N[C@@H](C)C=O. The maximum absolute atomic E-state index is 13.0. The highest BCUT2D eigenvalue weighted by Gasteiger charge is 2.35. The molecule has 2 heterocycles. The van der Waals surface area contributed by atoms with E-state index in [1.54, 1.807) is 26.1 Å². The highest BCUT2D eigenvalue weighted by atomic mass is 16.4. The summed E-state index contributed by atoms with van der Waals surface area (Å²) in [6.45, 7) is 5.35. The monoisotopic (exact) mass is 471 g/mol. The first-order valence-corrected chi connectivity index (χ1v) is 10.8. The number of carboxylic acid groups (broad SMARTS) is 1. The number of pyridine rings is 1. The second-order valence-electron chi connectivity index (χ2n) is 7.78. The highest BCUT2D eigenvalue weighted by molar-refractivity contribution is 6.06. The molecular weight excluding hydrogens is 442 g/mol. The molecule has 0 spiro atoms. The summed E-state index contributed by atoms with van der Waals surface area (Å²) in [4.78, 5) is 63.7. The van der Waals surface area contributed by atoms with E-state index in [1.807, 2.05) is 24.3 Å². The van der Waals surface area contributed by atoms with Crippen LogP contribution in [0.2, 0.25) is 0 Å². The van der Waals surface area contributed by atoms with Crippen LogP contribution in [0, 0.1) is 0 Å². The van der Waals surface area contributed by atoms with Gasteiger partial charge in [0.1, 0.15) is 24.1 Å². The molecule has 182 valence electrons. The Balaban J connectivity index is 0.000000945. The first-order valence-electron chi connectivity index (χ1n) is 10.8. The molecule has 4 N–H and O–H groups in total. The summed E-state index contributed by atoms with van der Waals surface area (Å²) in [6, 6.07) is 6.92. The van der Waals surface area contributed by atoms with Crippen LogP contribution in [0.15, 0.2) is 36.5 Å². The molecule has 1 aliphatic rings. The van der Waals surface area contributed by atoms with E-state index in [4.69, 9.17) is 9.90 Å². The number of fused-ring (bicyclic) bond motifs is 1. The smallest absolute Gasteiger partial charge is 0.300 e. The van der Waals surface area contributed by atoms with E-state index in [9.17, 15) is 19.2 Å². The lowest BCUT2D eigenvalue weighted by atomic mass is 10.1. The van der Waals surface area contributed by atoms with Gasteiger partial charge in [-0.2, -0.15) is 0 Å². The van der Waals surface area contributed by atoms with Crippen molar-refractivity contribution in [3.8, 4) is 0 Å². The number of hydrogen-bond donors (Lipinski definition) is 4. The minimum atomic E-state index is -0.852. The van der Waals surface area contributed by atoms with Gasteiger partial charge in [-0.05, 0) is 25.3 Å². The average molecular weight is 472 g/mol. The molecule has 0 radical (unpaired) electrons. The Kier molecular flexibility index (Phi) is 9.62. The van der Waals surface area contributed by atoms with Gasteiger partial charge < -0.3 is 30.8 Å². The Labute approximate surface area is 196 Å². The molecule has 34 heavy (non-hydrogen) atoms. The third kappa shape index (κ3) is 7.07. The number of hydrogen-bond acceptors (Lipinski definition) is 7. The summed E-state index contributed by atoms with van der Waals surface area (Å²) >= 11 is 0. The van der Waals surface area contributed by atoms with Gasteiger partial charge in [0, 0.05) is 38.1 Å². The molecule has 1 saturated heterocycles. The van der Waals surface area contributed by atoms with E-state index < -0.39 is 35.9 Å². The van der Waals surface area contributed by atoms with Crippen LogP contribution in [0.1, 0.15) is 31.3 Å². The van der Waals surface area contributed by atoms with Crippen molar-refractivity contribution in [2.45, 2.75) is 38.9 Å². The van der Waals surface area contributed by atoms with Gasteiger partial charge >= 0.3 is 0 Å². The fraction of sp³-hybridized carbons (Fsp3) is 0.391. The van der Waals surface area contributed by atoms with Gasteiger partial charge in [-0.1, -0.05) is 24.3 Å². The van der Waals surface area contributed by atoms with Crippen molar-refractivity contribution in [1.82, 2.24) is 25.8 Å². The topological polar surface area (TPSA) is 158 Å². The lowest BCUT2D eigenvalue weighted by Crippen LogP contribution is -2.63. The summed E-state index contributed by atoms with van der Waals surface area (Å²) in [5.74, 6) is -2.08. The molecule has 0 aliphatic carbocycles. The number of benzene rings is 1. The molecule has 1 fully saturated rings. The van der Waals surface area contributed by atoms with Crippen LogP contribution in [0.25, 0.3) is 10.8 Å². The standard InChI is InChI=1S/C21H25N5O4.C2H4O2/c1-13(12-27)24-19(28)17-11-22-9-10-26(17)21(30)14(2)25-20(29)18-16-6-4-3-5-15(16)7-8-23-18;1-2(3)4/h3-8,12-14,17,22H,9-11H2,1-2H3,(H,24,28)(H,25,29);1H3,(H,3,4)/t13-,14-,17-;/m0./s1. The fourth-order valence-corrected chi connectivity index (χ4v) is 3.43. The van der Waals surface area contributed by atoms with Gasteiger partial charge in [-0.25, -0.2) is 0 Å². The lowest BCUT2D eigenvalue weighted by molar-refractivity contribution is -0.143. The zero-order valence-corrected chi connectivity index (χ0v) is 19.3. The van der Waals surface area contributed by atoms with E-state index in [-0.39, 0.29) is 18.1 Å². The number of rotatable bonds is 6. The third-order valence-electron chi connectivity index (χ3n) is 5.01. The minimum Gasteiger partial charge on any atom is -0.481 e. The Morgan fingerprint density at radius 2 is 1.85 bits per heavy atom. The summed E-state index contributed by atoms with van der Waals surface area (Å²) in [5, 5.41) is 17.3. The van der Waals surface area contributed by atoms with Gasteiger partial charge in [0.2, 0.25) is 11.8 Å². The quantitative estimate of drug-likeness (QED) is 0.427. The molecular formula is C23H29N5O6. The predicted molar refractivity (Wildman–Crippen MR) is 124 cm³/mol. The number of nitrogens with zero attached hydrogens (tertiary/aromatic N) is 2. The largest absolute Gasteiger partial charge is 0.481 e. The maximum Gasteiger partial charge on any atom is 0.300 e. The van der Waals surface area contributed by atoms with Gasteiger partial charge in [0.05, 0.1) is 6.04 Å². The number of amides is 3. The van der Waals surface area contributed by atoms with Gasteiger partial charge in [-0.3, -0.25) is 24.2 Å². The molecule has 1 aromatic carbocycles. The average Bonchev–Trinajstić information content (AvgIpc) is 2.82. The third-order valence-corrected chi connectivity index (χ3v) is 5.01. The number of nitrogens with one attached hydrogen (secondary N) is 3. The summed E-state index contributed by atoms with van der Waals surface area (Å²) in [5.41, 5.74) is 0.238. The van der Waals surface area contributed by atoms with Crippen LogP contribution < -0.4 is 16.0 Å². The molecule has 1 aromatic heterocycles. The van der Waals surface area contributed by atoms with Crippen LogP contribution in [-0.4, -0.2) is 82.7 Å². The number of aliphatic carboxylic acids is 1. The van der Waals surface area contributed by atoms with E-state index in [2.05, 4.69) is 20.9 Å². The maximum atomic E-state index is 13.0. The molecule has 0 bridgehead atoms. The zero-order chi connectivity index (χ0) is 25.3. The van der Waals surface area contributed by atoms with Crippen molar-refractivity contribution in [3.05, 3.63) is 42.2 Å². The summed E-state index contributed by atoms with van der Waals surface area (Å²) in [6.07, 6.45) is 2.18. The van der Waals surface area contributed by atoms with Crippen molar-refractivity contribution in [3.63, 3.8) is 0 Å². The summed E-state index contributed by atoms with van der Waals surface area (Å²) in [7, 11) is 0. The van der Waals surface area contributed by atoms with Crippen LogP contribution >= 0.6 is 0 Å². The number of carbonyl (C=O) groups excluding carboxylic acids is 4. The van der Waals surface area contributed by atoms with Gasteiger partial charge in [0.25, 0.3) is 11.9 Å². The second kappa shape index (κ2) is 12.4. The predicted octanol–water partition coefficient (Wildman–Crippen LogP) is -0.0520. The fourth-order valence-electron chi connectivity index (χ4n) is 3.43. The van der Waals surface area contributed by atoms with Crippen molar-refractivity contribution >= 4 is 40.7 Å². The Hall–Kier alpha value is -3.86. The molecule has 0 unspecified atom stereocenters. The number of aldehydes is 1. The van der Waals surface area contributed by atoms with Gasteiger partial charge in [0.15, 0.2) is 0 Å². The van der Waals surface area contributed by atoms with Crippen molar-refractivity contribution in [1.29, 1.82) is 0 Å². The molecule has 3 amide bonds. The minimum absolute atomic E-state index is 0.238. The van der Waals surface area contributed by atoms with Crippen LogP contribution in [0.3, 0.4) is 0 Å². The number of aromatic nitrogens is 1. The molecule has 2 aromatic rings. The Morgan fingerprint density at radius 1 is 1.18 bits per heavy atom. The second-order valence-corrected chi connectivity index (χ2v) is 7.78. The number of carboxylic acids is 1. The van der Waals surface area contributed by atoms with Crippen molar-refractivity contribution in [2.24, 2.45) is 0 Å². The van der Waals surface area contributed by atoms with Crippen LogP contribution in [0.4, 0.5) is 0 Å². The van der Waals surface area contributed by atoms with Crippen molar-refractivity contribution in [2.75, 3.05) is 19.6 Å². The molecule has 11 heteroatoms. The lowest BCUT2D eigenvalue weighted by Gasteiger charge is -2.37. The van der Waals surface area contributed by atoms with Crippen LogP contribution in [-0.2, 0) is 19.2 Å². The first-order chi connectivity index (χ1) is 16.1. The number of carbonyl (C=O) groups is 5. The molecule has 0 saturated carbocycles. The Bertz CT molecular complexity index is 1050. The zero-order valence-electron chi connectivity index (χ0n) is 19.3. The van der Waals surface area contributed by atoms with Crippen LogP contribution in [0.5, 0.6) is 0 Å². The molecule has 3 rings (SSSR count). The first kappa shape index (κ1) is 26.4. The normalized spacial score (nSPS) is 16.9. The van der Waals surface area contributed by atoms with E-state index >= 15 is 0 Å². The summed E-state index contributed by atoms with van der Waals surface area (Å²) < 4.78 is 0. The van der Waals surface area contributed by atoms with Crippen molar-refractivity contribution < 1.29 is 29.1 Å². The Morgan fingerprint density at radius 3 is 2.53 bits per heavy atom. The molecule has 11 nitrogen and oxygen atoms in total. The van der Waals surface area contributed by atoms with E-state index in [0.717, 1.165) is 12.3 Å². The van der Waals surface area contributed by atoms with E-state index in [1.165, 1.54) is 4.90 Å². The van der Waals surface area contributed by atoms with Gasteiger partial charge in [-0.15, -0.1) is 0 Å².